The molecule has 0 amide bonds. The van der Waals surface area contributed by atoms with E-state index in [4.69, 9.17) is 4.52 Å². The lowest BCUT2D eigenvalue weighted by Gasteiger charge is -2.27. The smallest absolute Gasteiger partial charge is 0.243 e. The van der Waals surface area contributed by atoms with E-state index in [2.05, 4.69) is 50.1 Å². The van der Waals surface area contributed by atoms with Crippen molar-refractivity contribution in [2.24, 2.45) is 5.92 Å². The topological polar surface area (TPSA) is 51.0 Å². The third kappa shape index (κ3) is 4.31. The monoisotopic (exact) mass is 225 g/mol. The summed E-state index contributed by atoms with van der Waals surface area (Å²) in [4.78, 5) is 4.31. The minimum atomic E-state index is 0.0436. The molecule has 16 heavy (non-hydrogen) atoms. The van der Waals surface area contributed by atoms with E-state index >= 15 is 0 Å². The SMILES string of the molecule is Cc1noc([C@H](CC(C)C)NC(C)(C)C)n1. The number of aryl methyl sites for hydroxylation is 1. The van der Waals surface area contributed by atoms with Crippen molar-refractivity contribution >= 4 is 0 Å². The summed E-state index contributed by atoms with van der Waals surface area (Å²) in [6.07, 6.45) is 0.999. The molecule has 0 aliphatic rings. The molecule has 0 unspecified atom stereocenters. The van der Waals surface area contributed by atoms with Gasteiger partial charge < -0.3 is 9.84 Å². The summed E-state index contributed by atoms with van der Waals surface area (Å²) in [5.74, 6) is 1.98. The summed E-state index contributed by atoms with van der Waals surface area (Å²) < 4.78 is 5.25. The highest BCUT2D eigenvalue weighted by Gasteiger charge is 2.24. The van der Waals surface area contributed by atoms with Crippen LogP contribution >= 0.6 is 0 Å². The fourth-order valence-corrected chi connectivity index (χ4v) is 1.67. The second-order valence-electron chi connectivity index (χ2n) is 5.76. The van der Waals surface area contributed by atoms with Crippen LogP contribution in [0.5, 0.6) is 0 Å². The Morgan fingerprint density at radius 2 is 1.94 bits per heavy atom. The standard InChI is InChI=1S/C12H23N3O/c1-8(2)7-10(14-12(4,5)6)11-13-9(3)15-16-11/h8,10,14H,7H2,1-6H3/t10-/m0/s1. The van der Waals surface area contributed by atoms with Gasteiger partial charge in [0.2, 0.25) is 5.89 Å². The van der Waals surface area contributed by atoms with Gasteiger partial charge in [-0.15, -0.1) is 0 Å². The van der Waals surface area contributed by atoms with Crippen LogP contribution in [0, 0.1) is 12.8 Å². The Morgan fingerprint density at radius 1 is 1.31 bits per heavy atom. The Kier molecular flexibility index (Phi) is 4.08. The minimum Gasteiger partial charge on any atom is -0.338 e. The summed E-state index contributed by atoms with van der Waals surface area (Å²) in [7, 11) is 0. The van der Waals surface area contributed by atoms with E-state index in [-0.39, 0.29) is 11.6 Å². The quantitative estimate of drug-likeness (QED) is 0.856. The van der Waals surface area contributed by atoms with Crippen LogP contribution in [0.4, 0.5) is 0 Å². The van der Waals surface area contributed by atoms with Crippen molar-refractivity contribution in [3.05, 3.63) is 11.7 Å². The molecule has 1 aromatic heterocycles. The average molecular weight is 225 g/mol. The fourth-order valence-electron chi connectivity index (χ4n) is 1.67. The third-order valence-corrected chi connectivity index (χ3v) is 2.16. The van der Waals surface area contributed by atoms with Gasteiger partial charge in [-0.1, -0.05) is 19.0 Å². The van der Waals surface area contributed by atoms with Crippen LogP contribution < -0.4 is 5.32 Å². The molecular weight excluding hydrogens is 202 g/mol. The normalized spacial score (nSPS) is 14.4. The van der Waals surface area contributed by atoms with E-state index in [9.17, 15) is 0 Å². The van der Waals surface area contributed by atoms with E-state index in [0.29, 0.717) is 17.6 Å². The highest BCUT2D eigenvalue weighted by Crippen LogP contribution is 2.22. The lowest BCUT2D eigenvalue weighted by atomic mass is 10.00. The largest absolute Gasteiger partial charge is 0.338 e. The Morgan fingerprint density at radius 3 is 2.31 bits per heavy atom. The van der Waals surface area contributed by atoms with Gasteiger partial charge in [0.1, 0.15) is 0 Å². The van der Waals surface area contributed by atoms with E-state index in [0.717, 1.165) is 6.42 Å². The second-order valence-corrected chi connectivity index (χ2v) is 5.76. The third-order valence-electron chi connectivity index (χ3n) is 2.16. The molecule has 0 saturated heterocycles. The van der Waals surface area contributed by atoms with Gasteiger partial charge in [-0.3, -0.25) is 0 Å². The zero-order valence-corrected chi connectivity index (χ0v) is 11.2. The first-order valence-electron chi connectivity index (χ1n) is 5.86. The number of hydrogen-bond acceptors (Lipinski definition) is 4. The molecule has 0 spiro atoms. The molecule has 4 heteroatoms. The van der Waals surface area contributed by atoms with Gasteiger partial charge in [-0.05, 0) is 40.0 Å². The van der Waals surface area contributed by atoms with Gasteiger partial charge in [0, 0.05) is 5.54 Å². The van der Waals surface area contributed by atoms with Crippen molar-refractivity contribution in [2.45, 2.75) is 59.5 Å². The zero-order chi connectivity index (χ0) is 12.3. The van der Waals surface area contributed by atoms with Crippen LogP contribution in [-0.2, 0) is 0 Å². The predicted octanol–water partition coefficient (Wildman–Crippen LogP) is 2.85. The summed E-state index contributed by atoms with van der Waals surface area (Å²) in [5, 5.41) is 7.37. The first-order chi connectivity index (χ1) is 7.28. The molecule has 1 N–H and O–H groups in total. The zero-order valence-electron chi connectivity index (χ0n) is 11.2. The second kappa shape index (κ2) is 4.95. The number of nitrogens with one attached hydrogen (secondary N) is 1. The molecule has 1 aromatic rings. The molecule has 1 heterocycles. The molecule has 1 rings (SSSR count). The molecule has 0 aliphatic heterocycles. The first kappa shape index (κ1) is 13.2. The minimum absolute atomic E-state index is 0.0436. The molecule has 0 aromatic carbocycles. The Bertz CT molecular complexity index is 325. The molecule has 0 fully saturated rings. The maximum atomic E-state index is 5.25. The van der Waals surface area contributed by atoms with Crippen LogP contribution in [0.1, 0.15) is 58.8 Å². The van der Waals surface area contributed by atoms with Crippen molar-refractivity contribution in [1.82, 2.24) is 15.5 Å². The fraction of sp³-hybridized carbons (Fsp3) is 0.833. The molecule has 1 atom stereocenters. The van der Waals surface area contributed by atoms with Crippen molar-refractivity contribution in [2.75, 3.05) is 0 Å². The Balaban J connectivity index is 2.79. The van der Waals surface area contributed by atoms with Crippen molar-refractivity contribution in [3.8, 4) is 0 Å². The maximum absolute atomic E-state index is 5.25. The summed E-state index contributed by atoms with van der Waals surface area (Å²) in [5.41, 5.74) is 0.0436. The van der Waals surface area contributed by atoms with Crippen LogP contribution in [0.3, 0.4) is 0 Å². The summed E-state index contributed by atoms with van der Waals surface area (Å²) in [6.45, 7) is 12.7. The van der Waals surface area contributed by atoms with Gasteiger partial charge >= 0.3 is 0 Å². The van der Waals surface area contributed by atoms with Gasteiger partial charge in [-0.2, -0.15) is 4.98 Å². The number of rotatable bonds is 4. The molecule has 0 bridgehead atoms. The summed E-state index contributed by atoms with van der Waals surface area (Å²) >= 11 is 0. The predicted molar refractivity (Wildman–Crippen MR) is 64.1 cm³/mol. The molecule has 0 radical (unpaired) electrons. The first-order valence-corrected chi connectivity index (χ1v) is 5.86. The maximum Gasteiger partial charge on any atom is 0.243 e. The molecule has 92 valence electrons. The summed E-state index contributed by atoms with van der Waals surface area (Å²) in [6, 6.07) is 0.140. The number of nitrogens with zero attached hydrogens (tertiary/aromatic N) is 2. The van der Waals surface area contributed by atoms with Gasteiger partial charge in [0.25, 0.3) is 0 Å². The average Bonchev–Trinajstić information content (AvgIpc) is 2.47. The van der Waals surface area contributed by atoms with Crippen molar-refractivity contribution < 1.29 is 4.52 Å². The van der Waals surface area contributed by atoms with E-state index in [1.165, 1.54) is 0 Å². The Labute approximate surface area is 97.8 Å². The number of aromatic nitrogens is 2. The highest BCUT2D eigenvalue weighted by molar-refractivity contribution is 4.94. The van der Waals surface area contributed by atoms with Crippen LogP contribution in [-0.4, -0.2) is 15.7 Å². The van der Waals surface area contributed by atoms with Crippen molar-refractivity contribution in [3.63, 3.8) is 0 Å². The van der Waals surface area contributed by atoms with Crippen molar-refractivity contribution in [1.29, 1.82) is 0 Å². The van der Waals surface area contributed by atoms with E-state index in [1.807, 2.05) is 6.92 Å². The molecule has 0 saturated carbocycles. The van der Waals surface area contributed by atoms with Crippen LogP contribution in [0.15, 0.2) is 4.52 Å². The van der Waals surface area contributed by atoms with E-state index in [1.54, 1.807) is 0 Å². The lowest BCUT2D eigenvalue weighted by Crippen LogP contribution is -2.39. The molecular formula is C12H23N3O. The molecule has 0 aliphatic carbocycles. The van der Waals surface area contributed by atoms with Gasteiger partial charge in [0.05, 0.1) is 6.04 Å². The lowest BCUT2D eigenvalue weighted by molar-refractivity contribution is 0.260. The van der Waals surface area contributed by atoms with Gasteiger partial charge in [0.15, 0.2) is 5.82 Å². The van der Waals surface area contributed by atoms with Crippen LogP contribution in [0.2, 0.25) is 0 Å². The Hall–Kier alpha value is -0.900. The van der Waals surface area contributed by atoms with E-state index < -0.39 is 0 Å². The van der Waals surface area contributed by atoms with Crippen LogP contribution in [0.25, 0.3) is 0 Å². The number of hydrogen-bond donors (Lipinski definition) is 1. The molecule has 4 nitrogen and oxygen atoms in total. The highest BCUT2D eigenvalue weighted by atomic mass is 16.5. The van der Waals surface area contributed by atoms with Gasteiger partial charge in [-0.25, -0.2) is 0 Å².